The smallest absolute Gasteiger partial charge is 0.352 e. The number of amides is 2. The van der Waals surface area contributed by atoms with Crippen molar-refractivity contribution >= 4 is 51.3 Å². The van der Waals surface area contributed by atoms with Crippen LogP contribution in [0.2, 0.25) is 0 Å². The molecule has 2 aromatic rings. The standard InChI is InChI=1S/C28H35N5O6S3/c1-16(2)13-31-42(38,39)22-5-3-21(4-6-22)40-14-20-15-41-27-24(26(35)33(27)25(20)28(36)37)32-23(34)10-17-7-18(11-29)9-19(8-17)12-30/h3-9,16,24,27,31H,10-15,29-30H2,1-2H3,(H,32,34)(H,36,37)/t24?,27-/m1/s1. The van der Waals surface area contributed by atoms with Gasteiger partial charge in [0.15, 0.2) is 0 Å². The second-order valence-electron chi connectivity index (χ2n) is 10.5. The van der Waals surface area contributed by atoms with Gasteiger partial charge in [0.1, 0.15) is 17.1 Å². The first-order valence-corrected chi connectivity index (χ1v) is 16.9. The summed E-state index contributed by atoms with van der Waals surface area (Å²) in [7, 11) is -3.61. The summed E-state index contributed by atoms with van der Waals surface area (Å²) in [4.78, 5) is 40.2. The summed E-state index contributed by atoms with van der Waals surface area (Å²) in [6.07, 6.45) is 0.0411. The molecule has 0 aromatic heterocycles. The molecule has 0 spiro atoms. The van der Waals surface area contributed by atoms with Crippen LogP contribution in [0.3, 0.4) is 0 Å². The Bertz CT molecular complexity index is 1470. The van der Waals surface area contributed by atoms with E-state index in [1.54, 1.807) is 12.1 Å². The molecule has 0 bridgehead atoms. The van der Waals surface area contributed by atoms with Crippen molar-refractivity contribution in [2.45, 2.75) is 54.6 Å². The van der Waals surface area contributed by atoms with Gasteiger partial charge in [0.25, 0.3) is 5.91 Å². The monoisotopic (exact) mass is 633 g/mol. The van der Waals surface area contributed by atoms with Gasteiger partial charge in [-0.05, 0) is 52.4 Å². The van der Waals surface area contributed by atoms with Gasteiger partial charge in [-0.1, -0.05) is 32.0 Å². The molecular formula is C28H35N5O6S3. The summed E-state index contributed by atoms with van der Waals surface area (Å²) in [5, 5.41) is 12.2. The lowest BCUT2D eigenvalue weighted by atomic mass is 10.0. The molecule has 4 rings (SSSR count). The number of hydrogen-bond donors (Lipinski definition) is 5. The third kappa shape index (κ3) is 7.36. The maximum Gasteiger partial charge on any atom is 0.352 e. The molecule has 1 fully saturated rings. The van der Waals surface area contributed by atoms with E-state index in [0.29, 0.717) is 36.7 Å². The van der Waals surface area contributed by atoms with Gasteiger partial charge in [0.05, 0.1) is 11.3 Å². The van der Waals surface area contributed by atoms with Gasteiger partial charge >= 0.3 is 5.97 Å². The van der Waals surface area contributed by atoms with Crippen LogP contribution >= 0.6 is 23.5 Å². The number of nitrogens with one attached hydrogen (secondary N) is 2. The molecule has 14 heteroatoms. The maximum atomic E-state index is 13.0. The van der Waals surface area contributed by atoms with Crippen molar-refractivity contribution in [2.24, 2.45) is 17.4 Å². The number of hydrogen-bond acceptors (Lipinski definition) is 9. The molecule has 2 amide bonds. The van der Waals surface area contributed by atoms with Crippen LogP contribution < -0.4 is 21.5 Å². The van der Waals surface area contributed by atoms with Crippen molar-refractivity contribution < 1.29 is 27.9 Å². The van der Waals surface area contributed by atoms with E-state index in [1.165, 1.54) is 40.6 Å². The Morgan fingerprint density at radius 1 is 1.10 bits per heavy atom. The van der Waals surface area contributed by atoms with Gasteiger partial charge in [-0.25, -0.2) is 17.9 Å². The number of β-lactam (4-membered cyclic amide) rings is 1. The summed E-state index contributed by atoms with van der Waals surface area (Å²) in [6.45, 7) is 4.79. The first-order valence-electron chi connectivity index (χ1n) is 13.4. The maximum absolute atomic E-state index is 13.0. The number of benzene rings is 2. The highest BCUT2D eigenvalue weighted by Crippen LogP contribution is 2.41. The van der Waals surface area contributed by atoms with Crippen LogP contribution in [-0.2, 0) is 43.9 Å². The van der Waals surface area contributed by atoms with E-state index in [4.69, 9.17) is 11.5 Å². The highest BCUT2D eigenvalue weighted by molar-refractivity contribution is 8.01. The van der Waals surface area contributed by atoms with E-state index in [0.717, 1.165) is 21.6 Å². The SMILES string of the molecule is CC(C)CNS(=O)(=O)c1ccc(SCC2=C(C(=O)O)N3C(=O)C(NC(=O)Cc4cc(CN)cc(CN)c4)[C@H]3SC2)cc1. The molecule has 2 aromatic carbocycles. The molecule has 1 unspecified atom stereocenters. The fourth-order valence-electron chi connectivity index (χ4n) is 4.63. The first kappa shape index (κ1) is 32.0. The van der Waals surface area contributed by atoms with E-state index < -0.39 is 33.3 Å². The minimum absolute atomic E-state index is 0.0411. The van der Waals surface area contributed by atoms with Crippen LogP contribution in [0.15, 0.2) is 63.5 Å². The molecule has 42 heavy (non-hydrogen) atoms. The van der Waals surface area contributed by atoms with E-state index in [1.807, 2.05) is 32.0 Å². The second-order valence-corrected chi connectivity index (χ2v) is 14.4. The van der Waals surface area contributed by atoms with Crippen molar-refractivity contribution in [1.82, 2.24) is 14.9 Å². The molecule has 2 aliphatic heterocycles. The Hall–Kier alpha value is -2.88. The lowest BCUT2D eigenvalue weighted by molar-refractivity contribution is -0.150. The normalized spacial score (nSPS) is 18.6. The van der Waals surface area contributed by atoms with Crippen molar-refractivity contribution in [3.63, 3.8) is 0 Å². The zero-order chi connectivity index (χ0) is 30.6. The molecule has 0 aliphatic carbocycles. The van der Waals surface area contributed by atoms with E-state index in [-0.39, 0.29) is 28.8 Å². The third-order valence-corrected chi connectivity index (χ3v) is 10.6. The van der Waals surface area contributed by atoms with Gasteiger partial charge in [0, 0.05) is 36.0 Å². The third-order valence-electron chi connectivity index (χ3n) is 6.74. The summed E-state index contributed by atoms with van der Waals surface area (Å²) >= 11 is 2.76. The van der Waals surface area contributed by atoms with E-state index in [2.05, 4.69) is 10.0 Å². The van der Waals surface area contributed by atoms with Gasteiger partial charge in [0.2, 0.25) is 15.9 Å². The van der Waals surface area contributed by atoms with Gasteiger partial charge < -0.3 is 21.9 Å². The van der Waals surface area contributed by atoms with E-state index in [9.17, 15) is 27.9 Å². The summed E-state index contributed by atoms with van der Waals surface area (Å²) in [5.74, 6) is -1.17. The van der Waals surface area contributed by atoms with Gasteiger partial charge in [-0.2, -0.15) is 0 Å². The summed E-state index contributed by atoms with van der Waals surface area (Å²) < 4.78 is 27.5. The number of carboxylic acid groups (broad SMARTS) is 1. The Kier molecular flexibility index (Phi) is 10.4. The average Bonchev–Trinajstić information content (AvgIpc) is 2.97. The lowest BCUT2D eigenvalue weighted by Gasteiger charge is -2.49. The fraction of sp³-hybridized carbons (Fsp3) is 0.393. The Morgan fingerprint density at radius 3 is 2.29 bits per heavy atom. The Labute approximate surface area is 253 Å². The molecule has 2 aliphatic rings. The highest BCUT2D eigenvalue weighted by atomic mass is 32.2. The molecule has 7 N–H and O–H groups in total. The molecule has 226 valence electrons. The zero-order valence-electron chi connectivity index (χ0n) is 23.3. The van der Waals surface area contributed by atoms with Crippen molar-refractivity contribution in [3.8, 4) is 0 Å². The molecule has 1 saturated heterocycles. The number of rotatable bonds is 13. The van der Waals surface area contributed by atoms with Crippen LogP contribution in [0.5, 0.6) is 0 Å². The molecule has 0 saturated carbocycles. The number of carbonyl (C=O) groups is 3. The Morgan fingerprint density at radius 2 is 1.71 bits per heavy atom. The van der Waals surface area contributed by atoms with Crippen LogP contribution in [0.25, 0.3) is 0 Å². The van der Waals surface area contributed by atoms with Crippen LogP contribution in [0, 0.1) is 5.92 Å². The largest absolute Gasteiger partial charge is 0.477 e. The van der Waals surface area contributed by atoms with Gasteiger partial charge in [-0.3, -0.25) is 14.5 Å². The number of thioether (sulfide) groups is 2. The minimum atomic E-state index is -3.61. The first-order chi connectivity index (χ1) is 19.9. The average molecular weight is 634 g/mol. The number of carbonyl (C=O) groups excluding carboxylic acids is 2. The number of fused-ring (bicyclic) bond motifs is 1. The number of sulfonamides is 1. The molecule has 2 atom stereocenters. The molecular weight excluding hydrogens is 599 g/mol. The Balaban J connectivity index is 1.39. The van der Waals surface area contributed by atoms with Gasteiger partial charge in [-0.15, -0.1) is 23.5 Å². The quantitative estimate of drug-likeness (QED) is 0.160. The fourth-order valence-corrected chi connectivity index (χ4v) is 8.22. The van der Waals surface area contributed by atoms with Crippen molar-refractivity contribution in [3.05, 3.63) is 70.4 Å². The predicted octanol–water partition coefficient (Wildman–Crippen LogP) is 1.61. The number of aliphatic carboxylic acids is 1. The highest BCUT2D eigenvalue weighted by Gasteiger charge is 2.54. The molecule has 0 radical (unpaired) electrons. The van der Waals surface area contributed by atoms with Crippen LogP contribution in [-0.4, -0.2) is 65.7 Å². The number of carboxylic acids is 1. The van der Waals surface area contributed by atoms with Crippen LogP contribution in [0.1, 0.15) is 30.5 Å². The minimum Gasteiger partial charge on any atom is -0.477 e. The van der Waals surface area contributed by atoms with Crippen LogP contribution in [0.4, 0.5) is 0 Å². The predicted molar refractivity (Wildman–Crippen MR) is 163 cm³/mol. The lowest BCUT2D eigenvalue weighted by Crippen LogP contribution is -2.70. The van der Waals surface area contributed by atoms with E-state index >= 15 is 0 Å². The molecule has 11 nitrogen and oxygen atoms in total. The zero-order valence-corrected chi connectivity index (χ0v) is 25.8. The number of nitrogens with zero attached hydrogens (tertiary/aromatic N) is 1. The summed E-state index contributed by atoms with van der Waals surface area (Å²) in [6, 6.07) is 11.1. The topological polar surface area (TPSA) is 185 Å². The second kappa shape index (κ2) is 13.6. The van der Waals surface area contributed by atoms with Crippen molar-refractivity contribution in [1.29, 1.82) is 0 Å². The molecule has 2 heterocycles. The van der Waals surface area contributed by atoms with Crippen molar-refractivity contribution in [2.75, 3.05) is 18.1 Å². The summed E-state index contributed by atoms with van der Waals surface area (Å²) in [5.41, 5.74) is 14.5. The number of nitrogens with two attached hydrogens (primary N) is 2.